The molecule has 0 atom stereocenters. The third-order valence-electron chi connectivity index (χ3n) is 2.63. The van der Waals surface area contributed by atoms with Gasteiger partial charge in [-0.3, -0.25) is 4.57 Å². The third kappa shape index (κ3) is 1.67. The van der Waals surface area contributed by atoms with Crippen LogP contribution in [0.5, 0.6) is 0 Å². The zero-order valence-electron chi connectivity index (χ0n) is 9.47. The van der Waals surface area contributed by atoms with Crippen molar-refractivity contribution in [2.24, 2.45) is 12.8 Å². The highest BCUT2D eigenvalue weighted by Gasteiger charge is 2.07. The van der Waals surface area contributed by atoms with E-state index in [1.54, 1.807) is 16.2 Å². The lowest BCUT2D eigenvalue weighted by atomic mass is 10.2. The van der Waals surface area contributed by atoms with Crippen LogP contribution in [-0.4, -0.2) is 9.13 Å². The highest BCUT2D eigenvalue weighted by atomic mass is 16.1. The molecule has 84 valence electrons. The average molecular weight is 217 g/mol. The number of nitrogens with two attached hydrogens (primary N) is 1. The topological polar surface area (TPSA) is 53.0 Å². The molecule has 4 heteroatoms. The molecule has 16 heavy (non-hydrogen) atoms. The van der Waals surface area contributed by atoms with Crippen LogP contribution >= 0.6 is 0 Å². The molecule has 0 saturated carbocycles. The molecule has 0 bridgehead atoms. The lowest BCUT2D eigenvalue weighted by molar-refractivity contribution is 0.820. The monoisotopic (exact) mass is 217 g/mol. The van der Waals surface area contributed by atoms with Gasteiger partial charge in [-0.1, -0.05) is 12.1 Å². The van der Waals surface area contributed by atoms with Crippen LogP contribution < -0.4 is 11.4 Å². The number of hydrogen-bond donors (Lipinski definition) is 1. The minimum Gasteiger partial charge on any atom is -0.326 e. The summed E-state index contributed by atoms with van der Waals surface area (Å²) in [6.07, 6.45) is 1.82. The molecule has 2 rings (SSSR count). The number of rotatable bonds is 2. The van der Waals surface area contributed by atoms with E-state index in [9.17, 15) is 4.79 Å². The van der Waals surface area contributed by atoms with Gasteiger partial charge in [0.25, 0.3) is 0 Å². The summed E-state index contributed by atoms with van der Waals surface area (Å²) in [6, 6.07) is 7.71. The van der Waals surface area contributed by atoms with Gasteiger partial charge in [0.15, 0.2) is 0 Å². The molecule has 2 aromatic rings. The van der Waals surface area contributed by atoms with Crippen molar-refractivity contribution in [1.29, 1.82) is 0 Å². The maximum Gasteiger partial charge on any atom is 0.332 e. The van der Waals surface area contributed by atoms with Gasteiger partial charge >= 0.3 is 5.69 Å². The fourth-order valence-corrected chi connectivity index (χ4v) is 1.84. The first kappa shape index (κ1) is 10.7. The highest BCUT2D eigenvalue weighted by Crippen LogP contribution is 2.10. The Morgan fingerprint density at radius 1 is 1.38 bits per heavy atom. The van der Waals surface area contributed by atoms with E-state index in [4.69, 9.17) is 5.73 Å². The van der Waals surface area contributed by atoms with Crippen LogP contribution in [0, 0.1) is 6.92 Å². The van der Waals surface area contributed by atoms with Crippen molar-refractivity contribution in [1.82, 2.24) is 9.13 Å². The molecule has 0 unspecified atom stereocenters. The average Bonchev–Trinajstić information content (AvgIpc) is 2.53. The van der Waals surface area contributed by atoms with Crippen LogP contribution in [0.15, 0.2) is 35.3 Å². The van der Waals surface area contributed by atoms with E-state index < -0.39 is 0 Å². The third-order valence-corrected chi connectivity index (χ3v) is 2.63. The Morgan fingerprint density at radius 2 is 2.12 bits per heavy atom. The van der Waals surface area contributed by atoms with Crippen molar-refractivity contribution >= 4 is 0 Å². The summed E-state index contributed by atoms with van der Waals surface area (Å²) in [5.41, 5.74) is 8.36. The number of aromatic nitrogens is 2. The van der Waals surface area contributed by atoms with Crippen LogP contribution in [0.4, 0.5) is 0 Å². The minimum absolute atomic E-state index is 0.0355. The molecular weight excluding hydrogens is 202 g/mol. The van der Waals surface area contributed by atoms with E-state index in [1.807, 2.05) is 37.4 Å². The normalized spacial score (nSPS) is 10.7. The number of benzene rings is 1. The van der Waals surface area contributed by atoms with Gasteiger partial charge in [0.1, 0.15) is 0 Å². The summed E-state index contributed by atoms with van der Waals surface area (Å²) in [5, 5.41) is 0. The first-order valence-corrected chi connectivity index (χ1v) is 5.18. The first-order chi connectivity index (χ1) is 7.63. The molecule has 0 amide bonds. The Kier molecular flexibility index (Phi) is 2.66. The second-order valence-corrected chi connectivity index (χ2v) is 3.87. The van der Waals surface area contributed by atoms with E-state index in [2.05, 4.69) is 0 Å². The van der Waals surface area contributed by atoms with E-state index in [0.29, 0.717) is 6.54 Å². The molecule has 0 fully saturated rings. The highest BCUT2D eigenvalue weighted by molar-refractivity contribution is 5.37. The molecule has 0 aliphatic rings. The lowest BCUT2D eigenvalue weighted by Gasteiger charge is -2.05. The maximum absolute atomic E-state index is 11.9. The largest absolute Gasteiger partial charge is 0.332 e. The molecule has 0 aliphatic carbocycles. The molecule has 0 saturated heterocycles. The van der Waals surface area contributed by atoms with Crippen LogP contribution in [0.2, 0.25) is 0 Å². The predicted octanol–water partition coefficient (Wildman–Crippen LogP) is 0.943. The Morgan fingerprint density at radius 3 is 2.69 bits per heavy atom. The van der Waals surface area contributed by atoms with Gasteiger partial charge < -0.3 is 10.3 Å². The fourth-order valence-electron chi connectivity index (χ4n) is 1.84. The van der Waals surface area contributed by atoms with Gasteiger partial charge in [-0.2, -0.15) is 0 Å². The van der Waals surface area contributed by atoms with Gasteiger partial charge in [0.05, 0.1) is 5.69 Å². The van der Waals surface area contributed by atoms with Crippen molar-refractivity contribution in [2.45, 2.75) is 13.5 Å². The Labute approximate surface area is 93.9 Å². The smallest absolute Gasteiger partial charge is 0.326 e. The van der Waals surface area contributed by atoms with E-state index in [-0.39, 0.29) is 5.69 Å². The quantitative estimate of drug-likeness (QED) is 0.814. The molecule has 1 aromatic heterocycles. The molecular formula is C12H15N3O. The van der Waals surface area contributed by atoms with Crippen molar-refractivity contribution in [3.8, 4) is 5.69 Å². The van der Waals surface area contributed by atoms with Gasteiger partial charge in [-0.05, 0) is 24.6 Å². The molecule has 0 aliphatic heterocycles. The van der Waals surface area contributed by atoms with Crippen molar-refractivity contribution in [3.63, 3.8) is 0 Å². The molecule has 0 radical (unpaired) electrons. The molecule has 1 aromatic carbocycles. The van der Waals surface area contributed by atoms with Crippen molar-refractivity contribution < 1.29 is 0 Å². The number of nitrogens with zero attached hydrogens (tertiary/aromatic N) is 2. The lowest BCUT2D eigenvalue weighted by Crippen LogP contribution is -2.21. The number of aryl methyl sites for hydroxylation is 2. The van der Waals surface area contributed by atoms with Crippen LogP contribution in [0.1, 0.15) is 11.3 Å². The zero-order chi connectivity index (χ0) is 11.7. The second kappa shape index (κ2) is 3.98. The van der Waals surface area contributed by atoms with E-state index in [0.717, 1.165) is 16.9 Å². The summed E-state index contributed by atoms with van der Waals surface area (Å²) in [6.45, 7) is 2.39. The van der Waals surface area contributed by atoms with Crippen LogP contribution in [-0.2, 0) is 13.6 Å². The summed E-state index contributed by atoms with van der Waals surface area (Å²) in [5.74, 6) is 0. The van der Waals surface area contributed by atoms with E-state index >= 15 is 0 Å². The van der Waals surface area contributed by atoms with Crippen LogP contribution in [0.3, 0.4) is 0 Å². The number of hydrogen-bond acceptors (Lipinski definition) is 2. The van der Waals surface area contributed by atoms with Crippen molar-refractivity contribution in [3.05, 3.63) is 52.2 Å². The summed E-state index contributed by atoms with van der Waals surface area (Å²) >= 11 is 0. The standard InChI is InChI=1S/C12H15N3O/c1-9-8-14(2)12(16)15(9)11-5-3-4-10(6-11)7-13/h3-6,8H,7,13H2,1-2H3. The predicted molar refractivity (Wildman–Crippen MR) is 63.6 cm³/mol. The molecule has 0 spiro atoms. The fraction of sp³-hybridized carbons (Fsp3) is 0.250. The minimum atomic E-state index is -0.0355. The Hall–Kier alpha value is -1.81. The summed E-state index contributed by atoms with van der Waals surface area (Å²) in [7, 11) is 1.75. The zero-order valence-corrected chi connectivity index (χ0v) is 9.47. The summed E-state index contributed by atoms with van der Waals surface area (Å²) in [4.78, 5) is 11.9. The Balaban J connectivity index is 2.62. The van der Waals surface area contributed by atoms with Crippen molar-refractivity contribution in [2.75, 3.05) is 0 Å². The summed E-state index contributed by atoms with van der Waals surface area (Å²) < 4.78 is 3.25. The molecule has 1 heterocycles. The molecule has 2 N–H and O–H groups in total. The molecule has 4 nitrogen and oxygen atoms in total. The van der Waals surface area contributed by atoms with Gasteiger partial charge in [-0.15, -0.1) is 0 Å². The van der Waals surface area contributed by atoms with Gasteiger partial charge in [0.2, 0.25) is 0 Å². The number of imidazole rings is 1. The Bertz CT molecular complexity index is 566. The second-order valence-electron chi connectivity index (χ2n) is 3.87. The SMILES string of the molecule is Cc1cn(C)c(=O)n1-c1cccc(CN)c1. The van der Waals surface area contributed by atoms with Gasteiger partial charge in [0, 0.05) is 25.5 Å². The van der Waals surface area contributed by atoms with Gasteiger partial charge in [-0.25, -0.2) is 4.79 Å². The maximum atomic E-state index is 11.9. The van der Waals surface area contributed by atoms with E-state index in [1.165, 1.54) is 0 Å². The van der Waals surface area contributed by atoms with Crippen LogP contribution in [0.25, 0.3) is 5.69 Å². The first-order valence-electron chi connectivity index (χ1n) is 5.18.